The summed E-state index contributed by atoms with van der Waals surface area (Å²) in [5, 5.41) is 6.29. The molecule has 3 rings (SSSR count). The molecule has 0 spiro atoms. The average Bonchev–Trinajstić information content (AvgIpc) is 2.75. The maximum Gasteiger partial charge on any atom is 0.262 e. The molecule has 3 aromatic carbocycles. The molecule has 0 radical (unpaired) electrons. The number of hydrogen-bond donors (Lipinski definition) is 2. The number of ether oxygens (including phenoxy) is 2. The molecule has 0 saturated heterocycles. The maximum atomic E-state index is 12.4. The smallest absolute Gasteiger partial charge is 0.262 e. The van der Waals surface area contributed by atoms with Crippen molar-refractivity contribution in [3.8, 4) is 11.5 Å². The lowest BCUT2D eigenvalue weighted by atomic mass is 10.2. The molecule has 0 aliphatic carbocycles. The van der Waals surface area contributed by atoms with Crippen LogP contribution < -0.4 is 20.1 Å². The van der Waals surface area contributed by atoms with Gasteiger partial charge in [0.25, 0.3) is 11.8 Å². The van der Waals surface area contributed by atoms with E-state index in [1.165, 1.54) is 13.2 Å². The lowest BCUT2D eigenvalue weighted by Gasteiger charge is -2.11. The molecule has 0 unspecified atom stereocenters. The van der Waals surface area contributed by atoms with Crippen LogP contribution in [0.4, 0.5) is 11.4 Å². The van der Waals surface area contributed by atoms with E-state index in [-0.39, 0.29) is 18.4 Å². The Hall–Kier alpha value is -3.22. The van der Waals surface area contributed by atoms with E-state index in [2.05, 4.69) is 10.6 Å². The third-order valence-corrected chi connectivity index (χ3v) is 4.59. The molecule has 0 aliphatic rings. The molecule has 0 aromatic heterocycles. The highest BCUT2D eigenvalue weighted by Gasteiger charge is 2.11. The van der Waals surface area contributed by atoms with Crippen molar-refractivity contribution in [2.45, 2.75) is 0 Å². The zero-order valence-corrected chi connectivity index (χ0v) is 17.5. The van der Waals surface area contributed by atoms with Gasteiger partial charge in [0.2, 0.25) is 0 Å². The predicted molar refractivity (Wildman–Crippen MR) is 118 cm³/mol. The van der Waals surface area contributed by atoms with Crippen molar-refractivity contribution >= 4 is 46.4 Å². The largest absolute Gasteiger partial charge is 0.495 e. The number of benzene rings is 3. The topological polar surface area (TPSA) is 76.7 Å². The standard InChI is InChI=1S/C22H18Cl2N2O4/c1-29-19-5-3-2-4-18(19)26-22(28)14-6-9-16(10-7-14)25-21(27)13-30-20-12-15(23)8-11-17(20)24/h2-12H,13H2,1H3,(H,25,27)(H,26,28). The van der Waals surface area contributed by atoms with E-state index >= 15 is 0 Å². The number of anilines is 2. The molecule has 0 fully saturated rings. The van der Waals surface area contributed by atoms with Crippen LogP contribution in [0, 0.1) is 0 Å². The first-order valence-corrected chi connectivity index (χ1v) is 9.64. The van der Waals surface area contributed by atoms with Crippen LogP contribution >= 0.6 is 23.2 Å². The molecular weight excluding hydrogens is 427 g/mol. The molecule has 8 heteroatoms. The fourth-order valence-electron chi connectivity index (χ4n) is 2.58. The zero-order chi connectivity index (χ0) is 21.5. The monoisotopic (exact) mass is 444 g/mol. The Balaban J connectivity index is 1.56. The van der Waals surface area contributed by atoms with E-state index in [0.29, 0.717) is 38.5 Å². The van der Waals surface area contributed by atoms with Crippen LogP contribution in [0.5, 0.6) is 11.5 Å². The number of carbonyl (C=O) groups excluding carboxylic acids is 2. The van der Waals surface area contributed by atoms with Gasteiger partial charge in [-0.15, -0.1) is 0 Å². The number of nitrogens with one attached hydrogen (secondary N) is 2. The van der Waals surface area contributed by atoms with Gasteiger partial charge in [-0.3, -0.25) is 9.59 Å². The zero-order valence-electron chi connectivity index (χ0n) is 15.9. The highest BCUT2D eigenvalue weighted by molar-refractivity contribution is 6.34. The molecule has 154 valence electrons. The third kappa shape index (κ3) is 5.65. The molecule has 2 amide bonds. The van der Waals surface area contributed by atoms with Crippen LogP contribution in [0.1, 0.15) is 10.4 Å². The quantitative estimate of drug-likeness (QED) is 0.520. The van der Waals surface area contributed by atoms with E-state index < -0.39 is 0 Å². The number of methoxy groups -OCH3 is 1. The second kappa shape index (κ2) is 10.0. The SMILES string of the molecule is COc1ccccc1NC(=O)c1ccc(NC(=O)COc2cc(Cl)ccc2Cl)cc1. The molecule has 0 heterocycles. The molecule has 0 aliphatic heterocycles. The Bertz CT molecular complexity index is 1060. The van der Waals surface area contributed by atoms with Crippen LogP contribution in [-0.2, 0) is 4.79 Å². The molecule has 3 aromatic rings. The van der Waals surface area contributed by atoms with E-state index in [1.807, 2.05) is 6.07 Å². The number of para-hydroxylation sites is 2. The first kappa shape index (κ1) is 21.5. The summed E-state index contributed by atoms with van der Waals surface area (Å²) in [5.74, 6) is 0.214. The van der Waals surface area contributed by atoms with E-state index in [4.69, 9.17) is 32.7 Å². The number of halogens is 2. The van der Waals surface area contributed by atoms with Crippen molar-refractivity contribution in [1.82, 2.24) is 0 Å². The van der Waals surface area contributed by atoms with Gasteiger partial charge in [-0.2, -0.15) is 0 Å². The highest BCUT2D eigenvalue weighted by atomic mass is 35.5. The predicted octanol–water partition coefficient (Wildman–Crippen LogP) is 5.27. The number of carbonyl (C=O) groups is 2. The minimum atomic E-state index is -0.378. The summed E-state index contributed by atoms with van der Waals surface area (Å²) in [6.45, 7) is -0.240. The van der Waals surface area contributed by atoms with Gasteiger partial charge < -0.3 is 20.1 Å². The average molecular weight is 445 g/mol. The summed E-state index contributed by atoms with van der Waals surface area (Å²) in [5.41, 5.74) is 1.52. The molecule has 30 heavy (non-hydrogen) atoms. The Labute approximate surface area is 183 Å². The van der Waals surface area contributed by atoms with Crippen molar-refractivity contribution in [2.24, 2.45) is 0 Å². The minimum absolute atomic E-state index is 0.240. The van der Waals surface area contributed by atoms with Gasteiger partial charge >= 0.3 is 0 Å². The Morgan fingerprint density at radius 2 is 1.63 bits per heavy atom. The summed E-state index contributed by atoms with van der Waals surface area (Å²) in [6, 6.07) is 18.3. The second-order valence-corrected chi connectivity index (χ2v) is 6.99. The minimum Gasteiger partial charge on any atom is -0.495 e. The van der Waals surface area contributed by atoms with Crippen molar-refractivity contribution in [3.63, 3.8) is 0 Å². The summed E-state index contributed by atoms with van der Waals surface area (Å²) in [7, 11) is 1.53. The summed E-state index contributed by atoms with van der Waals surface area (Å²) in [6.07, 6.45) is 0. The molecule has 0 atom stereocenters. The Morgan fingerprint density at radius 3 is 2.37 bits per heavy atom. The third-order valence-electron chi connectivity index (χ3n) is 4.04. The van der Waals surface area contributed by atoms with Crippen molar-refractivity contribution in [2.75, 3.05) is 24.4 Å². The van der Waals surface area contributed by atoms with Gasteiger partial charge in [-0.1, -0.05) is 35.3 Å². The van der Waals surface area contributed by atoms with Crippen LogP contribution in [0.2, 0.25) is 10.0 Å². The Kier molecular flexibility index (Phi) is 7.17. The Morgan fingerprint density at radius 1 is 0.900 bits per heavy atom. The summed E-state index contributed by atoms with van der Waals surface area (Å²) < 4.78 is 10.6. The van der Waals surface area contributed by atoms with E-state index in [0.717, 1.165) is 0 Å². The fraction of sp³-hybridized carbons (Fsp3) is 0.0909. The van der Waals surface area contributed by atoms with Crippen LogP contribution in [0.15, 0.2) is 66.7 Å². The van der Waals surface area contributed by atoms with E-state index in [1.54, 1.807) is 54.6 Å². The van der Waals surface area contributed by atoms with Crippen LogP contribution in [0.25, 0.3) is 0 Å². The second-order valence-electron chi connectivity index (χ2n) is 6.14. The lowest BCUT2D eigenvalue weighted by Crippen LogP contribution is -2.20. The van der Waals surface area contributed by atoms with Crippen LogP contribution in [0.3, 0.4) is 0 Å². The molecule has 0 bridgehead atoms. The van der Waals surface area contributed by atoms with E-state index in [9.17, 15) is 9.59 Å². The first-order chi connectivity index (χ1) is 14.5. The lowest BCUT2D eigenvalue weighted by molar-refractivity contribution is -0.118. The number of amides is 2. The van der Waals surface area contributed by atoms with Gasteiger partial charge in [0.1, 0.15) is 11.5 Å². The van der Waals surface area contributed by atoms with Gasteiger partial charge in [-0.25, -0.2) is 0 Å². The van der Waals surface area contributed by atoms with Crippen molar-refractivity contribution in [1.29, 1.82) is 0 Å². The van der Waals surface area contributed by atoms with Crippen molar-refractivity contribution < 1.29 is 19.1 Å². The fourth-order valence-corrected chi connectivity index (χ4v) is 2.91. The number of rotatable bonds is 7. The number of hydrogen-bond acceptors (Lipinski definition) is 4. The van der Waals surface area contributed by atoms with Gasteiger partial charge in [0, 0.05) is 22.3 Å². The normalized spacial score (nSPS) is 10.2. The molecular formula is C22H18Cl2N2O4. The summed E-state index contributed by atoms with van der Waals surface area (Å²) >= 11 is 11.9. The molecule has 2 N–H and O–H groups in total. The first-order valence-electron chi connectivity index (χ1n) is 8.88. The van der Waals surface area contributed by atoms with Gasteiger partial charge in [0.15, 0.2) is 6.61 Å². The maximum absolute atomic E-state index is 12.4. The highest BCUT2D eigenvalue weighted by Crippen LogP contribution is 2.27. The van der Waals surface area contributed by atoms with Gasteiger partial charge in [0.05, 0.1) is 17.8 Å². The molecule has 0 saturated carbocycles. The van der Waals surface area contributed by atoms with Crippen LogP contribution in [-0.4, -0.2) is 25.5 Å². The molecule has 6 nitrogen and oxygen atoms in total. The van der Waals surface area contributed by atoms with Gasteiger partial charge in [-0.05, 0) is 48.5 Å². The van der Waals surface area contributed by atoms with Crippen molar-refractivity contribution in [3.05, 3.63) is 82.3 Å². The summed E-state index contributed by atoms with van der Waals surface area (Å²) in [4.78, 5) is 24.5.